The number of rotatable bonds is 7. The molecule has 0 aliphatic carbocycles. The van der Waals surface area contributed by atoms with Crippen molar-refractivity contribution in [3.8, 4) is 11.6 Å². The molecule has 2 unspecified atom stereocenters. The third-order valence-corrected chi connectivity index (χ3v) is 7.74. The topological polar surface area (TPSA) is 101 Å². The number of aryl methyl sites for hydroxylation is 2. The van der Waals surface area contributed by atoms with Gasteiger partial charge < -0.3 is 19.5 Å². The number of ether oxygens (including phenoxy) is 1. The molecule has 0 spiro atoms. The van der Waals surface area contributed by atoms with Gasteiger partial charge >= 0.3 is 0 Å². The molecule has 1 saturated heterocycles. The molecule has 4 heterocycles. The zero-order valence-electron chi connectivity index (χ0n) is 22.3. The third kappa shape index (κ3) is 5.07. The van der Waals surface area contributed by atoms with Crippen LogP contribution in [-0.4, -0.2) is 41.4 Å². The van der Waals surface area contributed by atoms with E-state index in [9.17, 15) is 8.42 Å². The summed E-state index contributed by atoms with van der Waals surface area (Å²) >= 11 is 5.89. The molecule has 4 aromatic rings. The quantitative estimate of drug-likeness (QED) is 0.311. The molecule has 9 nitrogen and oxygen atoms in total. The minimum absolute atomic E-state index is 0.239. The average Bonchev–Trinajstić information content (AvgIpc) is 3.39. The predicted octanol–water partition coefficient (Wildman–Crippen LogP) is 4.75. The molecular formula is C28H30N6O3S2. The molecule has 39 heavy (non-hydrogen) atoms. The lowest BCUT2D eigenvalue weighted by molar-refractivity contribution is 0.417. The second kappa shape index (κ2) is 10.3. The largest absolute Gasteiger partial charge is 0.494 e. The zero-order valence-corrected chi connectivity index (χ0v) is 24.0. The summed E-state index contributed by atoms with van der Waals surface area (Å²) < 4.78 is 34.0. The number of hydrogen-bond donors (Lipinski definition) is 2. The molecule has 1 aliphatic heterocycles. The van der Waals surface area contributed by atoms with Crippen molar-refractivity contribution in [2.24, 2.45) is 0 Å². The molecule has 0 radical (unpaired) electrons. The van der Waals surface area contributed by atoms with E-state index in [-0.39, 0.29) is 12.1 Å². The summed E-state index contributed by atoms with van der Waals surface area (Å²) in [5.74, 6) is 1.27. The fraction of sp³-hybridized carbons (Fsp3) is 0.250. The molecule has 11 heteroatoms. The predicted molar refractivity (Wildman–Crippen MR) is 157 cm³/mol. The molecule has 0 amide bonds. The summed E-state index contributed by atoms with van der Waals surface area (Å²) in [6, 6.07) is 16.8. The molecule has 1 fully saturated rings. The van der Waals surface area contributed by atoms with Crippen molar-refractivity contribution >= 4 is 38.7 Å². The van der Waals surface area contributed by atoms with E-state index in [1.807, 2.05) is 35.2 Å². The van der Waals surface area contributed by atoms with Crippen LogP contribution in [0.1, 0.15) is 40.3 Å². The zero-order chi connectivity index (χ0) is 27.9. The smallest absolute Gasteiger partial charge is 0.229 e. The van der Waals surface area contributed by atoms with Gasteiger partial charge in [-0.15, -0.1) is 0 Å². The lowest BCUT2D eigenvalue weighted by Gasteiger charge is -2.29. The molecule has 2 N–H and O–H groups in total. The van der Waals surface area contributed by atoms with Crippen molar-refractivity contribution in [1.29, 1.82) is 0 Å². The normalized spacial score (nSPS) is 17.3. The Bertz CT molecular complexity index is 1650. The van der Waals surface area contributed by atoms with Crippen LogP contribution in [0, 0.1) is 20.8 Å². The highest BCUT2D eigenvalue weighted by Crippen LogP contribution is 2.45. The van der Waals surface area contributed by atoms with E-state index < -0.39 is 10.0 Å². The van der Waals surface area contributed by atoms with E-state index in [2.05, 4.69) is 57.5 Å². The highest BCUT2D eigenvalue weighted by Gasteiger charge is 2.42. The maximum atomic E-state index is 11.9. The Balaban J connectivity index is 1.67. The van der Waals surface area contributed by atoms with E-state index in [1.165, 1.54) is 7.11 Å². The fourth-order valence-corrected chi connectivity index (χ4v) is 6.10. The van der Waals surface area contributed by atoms with Gasteiger partial charge in [-0.05, 0) is 80.5 Å². The van der Waals surface area contributed by atoms with Crippen LogP contribution in [0.2, 0.25) is 0 Å². The number of nitrogens with zero attached hydrogens (tertiary/aromatic N) is 4. The van der Waals surface area contributed by atoms with Crippen LogP contribution in [0.5, 0.6) is 5.75 Å². The first-order chi connectivity index (χ1) is 18.6. The van der Waals surface area contributed by atoms with Gasteiger partial charge in [0.25, 0.3) is 0 Å². The maximum absolute atomic E-state index is 11.9. The number of sulfonamides is 1. The standard InChI is InChI=1S/C28H30N6O3S2/c1-17-9-8-14-30-27(17)33-18(2)15-21(19(33)3)26-25(23-10-6-7-13-29-23)31-28(38)34(26)20-11-12-22(24(16-20)37-4)32-39(5,35)36/h6-16,25-26,32H,1-5H3,(H,31,38). The first-order valence-corrected chi connectivity index (χ1v) is 14.7. The second-order valence-electron chi connectivity index (χ2n) is 9.56. The SMILES string of the molecule is COc1cc(N2C(=S)NC(c3ccccn3)C2c2cc(C)n(-c3ncccc3C)c2C)ccc1NS(C)(=O)=O. The molecule has 202 valence electrons. The Morgan fingerprint density at radius 1 is 1.03 bits per heavy atom. The highest BCUT2D eigenvalue weighted by atomic mass is 32.2. The summed E-state index contributed by atoms with van der Waals surface area (Å²) in [7, 11) is -1.98. The van der Waals surface area contributed by atoms with Gasteiger partial charge in [0, 0.05) is 35.5 Å². The van der Waals surface area contributed by atoms with E-state index in [1.54, 1.807) is 24.5 Å². The van der Waals surface area contributed by atoms with Crippen molar-refractivity contribution in [2.45, 2.75) is 32.9 Å². The number of nitrogens with one attached hydrogen (secondary N) is 2. The Morgan fingerprint density at radius 3 is 2.46 bits per heavy atom. The Kier molecular flexibility index (Phi) is 7.04. The van der Waals surface area contributed by atoms with Gasteiger partial charge in [-0.2, -0.15) is 0 Å². The number of aromatic nitrogens is 3. The number of anilines is 2. The second-order valence-corrected chi connectivity index (χ2v) is 11.7. The van der Waals surface area contributed by atoms with Crippen LogP contribution in [0.15, 0.2) is 67.0 Å². The Hall–Kier alpha value is -3.96. The summed E-state index contributed by atoms with van der Waals surface area (Å²) in [5.41, 5.74) is 6.19. The van der Waals surface area contributed by atoms with Crippen molar-refractivity contribution in [3.63, 3.8) is 0 Å². The summed E-state index contributed by atoms with van der Waals surface area (Å²) in [4.78, 5) is 11.4. The van der Waals surface area contributed by atoms with Crippen molar-refractivity contribution < 1.29 is 13.2 Å². The monoisotopic (exact) mass is 562 g/mol. The van der Waals surface area contributed by atoms with Crippen molar-refractivity contribution in [1.82, 2.24) is 19.9 Å². The molecule has 1 aromatic carbocycles. The van der Waals surface area contributed by atoms with Gasteiger partial charge in [0.2, 0.25) is 10.0 Å². The van der Waals surface area contributed by atoms with Crippen LogP contribution >= 0.6 is 12.2 Å². The van der Waals surface area contributed by atoms with Gasteiger partial charge in [-0.25, -0.2) is 13.4 Å². The first kappa shape index (κ1) is 26.6. The summed E-state index contributed by atoms with van der Waals surface area (Å²) in [5, 5.41) is 4.01. The van der Waals surface area contributed by atoms with Crippen LogP contribution < -0.4 is 19.7 Å². The van der Waals surface area contributed by atoms with Gasteiger partial charge in [-0.3, -0.25) is 9.71 Å². The minimum Gasteiger partial charge on any atom is -0.494 e. The molecule has 5 rings (SSSR count). The third-order valence-electron chi connectivity index (χ3n) is 6.84. The Morgan fingerprint density at radius 2 is 1.79 bits per heavy atom. The molecule has 3 aromatic heterocycles. The number of hydrogen-bond acceptors (Lipinski definition) is 6. The minimum atomic E-state index is -3.49. The summed E-state index contributed by atoms with van der Waals surface area (Å²) in [6.07, 6.45) is 4.68. The lowest BCUT2D eigenvalue weighted by Crippen LogP contribution is -2.29. The summed E-state index contributed by atoms with van der Waals surface area (Å²) in [6.45, 7) is 6.21. The Labute approximate surface area is 233 Å². The maximum Gasteiger partial charge on any atom is 0.229 e. The lowest BCUT2D eigenvalue weighted by atomic mass is 9.96. The van der Waals surface area contributed by atoms with Crippen molar-refractivity contribution in [2.75, 3.05) is 23.0 Å². The van der Waals surface area contributed by atoms with Gasteiger partial charge in [-0.1, -0.05) is 12.1 Å². The molecule has 0 saturated carbocycles. The van der Waals surface area contributed by atoms with Gasteiger partial charge in [0.15, 0.2) is 5.11 Å². The van der Waals surface area contributed by atoms with E-state index in [0.717, 1.165) is 46.0 Å². The number of benzene rings is 1. The van der Waals surface area contributed by atoms with E-state index >= 15 is 0 Å². The van der Waals surface area contributed by atoms with E-state index in [4.69, 9.17) is 17.0 Å². The van der Waals surface area contributed by atoms with Crippen LogP contribution in [0.4, 0.5) is 11.4 Å². The molecular weight excluding hydrogens is 532 g/mol. The number of thiocarbonyl (C=S) groups is 1. The van der Waals surface area contributed by atoms with Crippen LogP contribution in [-0.2, 0) is 10.0 Å². The fourth-order valence-electron chi connectivity index (χ4n) is 5.19. The molecule has 0 bridgehead atoms. The van der Waals surface area contributed by atoms with Crippen LogP contribution in [0.25, 0.3) is 5.82 Å². The molecule has 1 aliphatic rings. The van der Waals surface area contributed by atoms with Crippen molar-refractivity contribution in [3.05, 3.63) is 95.2 Å². The number of pyridine rings is 2. The van der Waals surface area contributed by atoms with Crippen LogP contribution in [0.3, 0.4) is 0 Å². The average molecular weight is 563 g/mol. The first-order valence-electron chi connectivity index (χ1n) is 12.4. The van der Waals surface area contributed by atoms with Gasteiger partial charge in [0.05, 0.1) is 36.8 Å². The van der Waals surface area contributed by atoms with Gasteiger partial charge in [0.1, 0.15) is 11.6 Å². The molecule has 2 atom stereocenters. The van der Waals surface area contributed by atoms with E-state index in [0.29, 0.717) is 16.5 Å². The number of methoxy groups -OCH3 is 1. The highest BCUT2D eigenvalue weighted by molar-refractivity contribution is 7.92.